The van der Waals surface area contributed by atoms with Gasteiger partial charge < -0.3 is 10.4 Å². The zero-order chi connectivity index (χ0) is 15.5. The molecular weight excluding hydrogens is 284 g/mol. The number of nitrogens with zero attached hydrogens (tertiary/aromatic N) is 3. The van der Waals surface area contributed by atoms with Crippen molar-refractivity contribution in [1.29, 1.82) is 0 Å². The van der Waals surface area contributed by atoms with Gasteiger partial charge in [0.1, 0.15) is 6.54 Å². The molecule has 0 aliphatic heterocycles. The van der Waals surface area contributed by atoms with Crippen molar-refractivity contribution in [2.24, 2.45) is 5.92 Å². The molecule has 3 rings (SSSR count). The standard InChI is InChI=1S/C15H16N4O3/c20-13(9-19-8-12(15(21)22)17-18-19)16-14(11-6-7-11)10-4-2-1-3-5-10/h1-5,8,11,14H,6-7,9H2,(H,16,20)(H,21,22). The Labute approximate surface area is 126 Å². The Balaban J connectivity index is 1.65. The van der Waals surface area contributed by atoms with E-state index in [9.17, 15) is 9.59 Å². The normalized spacial score (nSPS) is 15.3. The van der Waals surface area contributed by atoms with Crippen LogP contribution in [0.4, 0.5) is 0 Å². The first-order valence-corrected chi connectivity index (χ1v) is 7.11. The molecule has 1 aliphatic rings. The van der Waals surface area contributed by atoms with Gasteiger partial charge in [0.25, 0.3) is 0 Å². The second kappa shape index (κ2) is 5.97. The van der Waals surface area contributed by atoms with Crippen molar-refractivity contribution >= 4 is 11.9 Å². The van der Waals surface area contributed by atoms with Crippen molar-refractivity contribution < 1.29 is 14.7 Å². The summed E-state index contributed by atoms with van der Waals surface area (Å²) < 4.78 is 1.23. The third kappa shape index (κ3) is 3.30. The van der Waals surface area contributed by atoms with Crippen LogP contribution < -0.4 is 5.32 Å². The molecule has 1 aromatic carbocycles. The van der Waals surface area contributed by atoms with E-state index in [1.165, 1.54) is 10.9 Å². The summed E-state index contributed by atoms with van der Waals surface area (Å²) in [6.07, 6.45) is 3.45. The largest absolute Gasteiger partial charge is 0.476 e. The lowest BCUT2D eigenvalue weighted by atomic mass is 10.0. The molecule has 7 nitrogen and oxygen atoms in total. The van der Waals surface area contributed by atoms with Gasteiger partial charge in [-0.05, 0) is 24.3 Å². The summed E-state index contributed by atoms with van der Waals surface area (Å²) in [7, 11) is 0. The Morgan fingerprint density at radius 2 is 2.05 bits per heavy atom. The van der Waals surface area contributed by atoms with Crippen LogP contribution in [0.15, 0.2) is 36.5 Å². The van der Waals surface area contributed by atoms with Gasteiger partial charge in [0.15, 0.2) is 5.69 Å². The van der Waals surface area contributed by atoms with E-state index in [0.717, 1.165) is 18.4 Å². The van der Waals surface area contributed by atoms with E-state index >= 15 is 0 Å². The average molecular weight is 300 g/mol. The number of hydrogen-bond donors (Lipinski definition) is 2. The van der Waals surface area contributed by atoms with Crippen LogP contribution in [0, 0.1) is 5.92 Å². The number of aromatic nitrogens is 3. The van der Waals surface area contributed by atoms with E-state index in [-0.39, 0.29) is 24.2 Å². The van der Waals surface area contributed by atoms with Gasteiger partial charge in [0, 0.05) is 0 Å². The molecule has 1 aromatic heterocycles. The molecule has 1 heterocycles. The van der Waals surface area contributed by atoms with Crippen molar-refractivity contribution in [1.82, 2.24) is 20.3 Å². The first-order chi connectivity index (χ1) is 10.6. The number of carbonyl (C=O) groups excluding carboxylic acids is 1. The van der Waals surface area contributed by atoms with E-state index in [1.54, 1.807) is 0 Å². The highest BCUT2D eigenvalue weighted by atomic mass is 16.4. The maximum absolute atomic E-state index is 12.2. The minimum Gasteiger partial charge on any atom is -0.476 e. The number of hydrogen-bond acceptors (Lipinski definition) is 4. The molecule has 1 saturated carbocycles. The molecule has 0 spiro atoms. The molecule has 114 valence electrons. The molecule has 0 radical (unpaired) electrons. The van der Waals surface area contributed by atoms with Gasteiger partial charge in [0.05, 0.1) is 12.2 Å². The number of carboxylic acid groups (broad SMARTS) is 1. The number of nitrogens with one attached hydrogen (secondary N) is 1. The quantitative estimate of drug-likeness (QED) is 0.836. The molecule has 2 aromatic rings. The Morgan fingerprint density at radius 1 is 1.32 bits per heavy atom. The lowest BCUT2D eigenvalue weighted by Crippen LogP contribution is -2.32. The van der Waals surface area contributed by atoms with Crippen molar-refractivity contribution in [3.8, 4) is 0 Å². The number of carboxylic acids is 1. The summed E-state index contributed by atoms with van der Waals surface area (Å²) >= 11 is 0. The van der Waals surface area contributed by atoms with Gasteiger partial charge in [-0.2, -0.15) is 0 Å². The second-order valence-corrected chi connectivity index (χ2v) is 5.40. The average Bonchev–Trinajstić information content (AvgIpc) is 3.24. The van der Waals surface area contributed by atoms with Crippen molar-refractivity contribution in [3.05, 3.63) is 47.8 Å². The number of carbonyl (C=O) groups is 2. The molecule has 22 heavy (non-hydrogen) atoms. The molecule has 1 aliphatic carbocycles. The molecule has 1 amide bonds. The zero-order valence-electron chi connectivity index (χ0n) is 11.8. The Morgan fingerprint density at radius 3 is 2.64 bits per heavy atom. The highest BCUT2D eigenvalue weighted by Gasteiger charge is 2.33. The molecule has 1 atom stereocenters. The van der Waals surface area contributed by atoms with E-state index in [0.29, 0.717) is 5.92 Å². The van der Waals surface area contributed by atoms with Crippen LogP contribution >= 0.6 is 0 Å². The van der Waals surface area contributed by atoms with Crippen molar-refractivity contribution in [2.75, 3.05) is 0 Å². The third-order valence-corrected chi connectivity index (χ3v) is 3.63. The second-order valence-electron chi connectivity index (χ2n) is 5.40. The SMILES string of the molecule is O=C(Cn1cc(C(=O)O)nn1)NC(c1ccccc1)C1CC1. The first kappa shape index (κ1) is 14.2. The van der Waals surface area contributed by atoms with E-state index in [2.05, 4.69) is 15.6 Å². The van der Waals surface area contributed by atoms with Crippen LogP contribution in [-0.4, -0.2) is 32.0 Å². The van der Waals surface area contributed by atoms with Crippen LogP contribution in [-0.2, 0) is 11.3 Å². The summed E-state index contributed by atoms with van der Waals surface area (Å²) in [5, 5.41) is 18.9. The maximum Gasteiger partial charge on any atom is 0.358 e. The molecule has 1 fully saturated rings. The Kier molecular flexibility index (Phi) is 3.86. The number of amides is 1. The van der Waals surface area contributed by atoms with Crippen molar-refractivity contribution in [2.45, 2.75) is 25.4 Å². The van der Waals surface area contributed by atoms with Gasteiger partial charge in [-0.25, -0.2) is 9.48 Å². The van der Waals surface area contributed by atoms with E-state index < -0.39 is 5.97 Å². The number of aromatic carboxylic acids is 1. The zero-order valence-corrected chi connectivity index (χ0v) is 11.8. The molecule has 2 N–H and O–H groups in total. The van der Waals surface area contributed by atoms with Crippen LogP contribution in [0.5, 0.6) is 0 Å². The number of rotatable bonds is 6. The fourth-order valence-electron chi connectivity index (χ4n) is 2.40. The summed E-state index contributed by atoms with van der Waals surface area (Å²) in [6.45, 7) is -0.0453. The summed E-state index contributed by atoms with van der Waals surface area (Å²) in [6, 6.07) is 9.85. The predicted molar refractivity (Wildman–Crippen MR) is 77.0 cm³/mol. The lowest BCUT2D eigenvalue weighted by molar-refractivity contribution is -0.122. The highest BCUT2D eigenvalue weighted by Crippen LogP contribution is 2.40. The van der Waals surface area contributed by atoms with Gasteiger partial charge in [-0.3, -0.25) is 4.79 Å². The molecule has 1 unspecified atom stereocenters. The Hall–Kier alpha value is -2.70. The maximum atomic E-state index is 12.2. The van der Waals surface area contributed by atoms with Crippen LogP contribution in [0.3, 0.4) is 0 Å². The smallest absolute Gasteiger partial charge is 0.358 e. The van der Waals surface area contributed by atoms with Crippen LogP contribution in [0.2, 0.25) is 0 Å². The number of benzene rings is 1. The summed E-state index contributed by atoms with van der Waals surface area (Å²) in [4.78, 5) is 22.9. The monoisotopic (exact) mass is 300 g/mol. The van der Waals surface area contributed by atoms with Gasteiger partial charge in [-0.1, -0.05) is 35.5 Å². The van der Waals surface area contributed by atoms with Gasteiger partial charge in [0.2, 0.25) is 5.91 Å². The first-order valence-electron chi connectivity index (χ1n) is 7.11. The van der Waals surface area contributed by atoms with Crippen molar-refractivity contribution in [3.63, 3.8) is 0 Å². The van der Waals surface area contributed by atoms with E-state index in [4.69, 9.17) is 5.11 Å². The van der Waals surface area contributed by atoms with E-state index in [1.807, 2.05) is 30.3 Å². The lowest BCUT2D eigenvalue weighted by Gasteiger charge is -2.18. The van der Waals surface area contributed by atoms with Gasteiger partial charge >= 0.3 is 5.97 Å². The Bertz CT molecular complexity index is 679. The molecule has 0 saturated heterocycles. The molecular formula is C15H16N4O3. The third-order valence-electron chi connectivity index (χ3n) is 3.63. The fraction of sp³-hybridized carbons (Fsp3) is 0.333. The highest BCUT2D eigenvalue weighted by molar-refractivity contribution is 5.84. The summed E-state index contributed by atoms with van der Waals surface area (Å²) in [5.41, 5.74) is 0.915. The van der Waals surface area contributed by atoms with Gasteiger partial charge in [-0.15, -0.1) is 5.10 Å². The molecule has 7 heteroatoms. The van der Waals surface area contributed by atoms with Crippen LogP contribution in [0.25, 0.3) is 0 Å². The topological polar surface area (TPSA) is 97.1 Å². The minimum atomic E-state index is -1.16. The molecule has 0 bridgehead atoms. The predicted octanol–water partition coefficient (Wildman–Crippen LogP) is 1.24. The van der Waals surface area contributed by atoms with Crippen LogP contribution in [0.1, 0.15) is 34.9 Å². The fourth-order valence-corrected chi connectivity index (χ4v) is 2.40. The minimum absolute atomic E-state index is 0.00355. The summed E-state index contributed by atoms with van der Waals surface area (Å²) in [5.74, 6) is -0.897.